The molecule has 2 atom stereocenters. The number of aryl methyl sites for hydroxylation is 1. The van der Waals surface area contributed by atoms with E-state index >= 15 is 0 Å². The van der Waals surface area contributed by atoms with Crippen molar-refractivity contribution in [1.82, 2.24) is 9.97 Å². The van der Waals surface area contributed by atoms with Crippen LogP contribution in [-0.2, 0) is 0 Å². The van der Waals surface area contributed by atoms with Gasteiger partial charge >= 0.3 is 5.69 Å². The molecule has 0 saturated carbocycles. The highest BCUT2D eigenvalue weighted by Crippen LogP contribution is 2.27. The second-order valence-corrected chi connectivity index (χ2v) is 5.41. The van der Waals surface area contributed by atoms with E-state index in [2.05, 4.69) is 34.4 Å². The maximum absolute atomic E-state index is 11.2. The van der Waals surface area contributed by atoms with Gasteiger partial charge in [0.15, 0.2) is 0 Å². The summed E-state index contributed by atoms with van der Waals surface area (Å²) in [7, 11) is 0. The van der Waals surface area contributed by atoms with Crippen molar-refractivity contribution in [3.63, 3.8) is 0 Å². The zero-order chi connectivity index (χ0) is 16.0. The molecule has 1 heterocycles. The smallest absolute Gasteiger partial charge is 0.332 e. The SMILES string of the molecule is CCNc1nc(C)c([N+](=O)[O-])c(NC(C)CC(C)CC)n1. The highest BCUT2D eigenvalue weighted by Gasteiger charge is 2.23. The van der Waals surface area contributed by atoms with Crippen LogP contribution in [0.25, 0.3) is 0 Å². The molecule has 0 radical (unpaired) electrons. The normalized spacial score (nSPS) is 13.6. The molecule has 0 aromatic carbocycles. The van der Waals surface area contributed by atoms with Gasteiger partial charge in [0.25, 0.3) is 0 Å². The molecule has 2 unspecified atom stereocenters. The molecule has 0 fully saturated rings. The molecular weight excluding hydrogens is 270 g/mol. The Bertz CT molecular complexity index is 492. The van der Waals surface area contributed by atoms with Gasteiger partial charge in [-0.15, -0.1) is 0 Å². The van der Waals surface area contributed by atoms with Crippen molar-refractivity contribution >= 4 is 17.5 Å². The Labute approximate surface area is 125 Å². The van der Waals surface area contributed by atoms with Gasteiger partial charge in [0.1, 0.15) is 5.69 Å². The Kier molecular flexibility index (Phi) is 6.33. The summed E-state index contributed by atoms with van der Waals surface area (Å²) in [6, 6.07) is 0.113. The van der Waals surface area contributed by atoms with Crippen molar-refractivity contribution in [1.29, 1.82) is 0 Å². The molecular formula is C14H25N5O2. The first-order chi connectivity index (χ1) is 9.88. The Hall–Kier alpha value is -1.92. The van der Waals surface area contributed by atoms with E-state index in [0.717, 1.165) is 12.8 Å². The summed E-state index contributed by atoms with van der Waals surface area (Å²) >= 11 is 0. The number of nitrogens with one attached hydrogen (secondary N) is 2. The van der Waals surface area contributed by atoms with Crippen molar-refractivity contribution in [3.05, 3.63) is 15.8 Å². The Morgan fingerprint density at radius 2 is 1.95 bits per heavy atom. The summed E-state index contributed by atoms with van der Waals surface area (Å²) < 4.78 is 0. The minimum atomic E-state index is -0.427. The third-order valence-electron chi connectivity index (χ3n) is 3.41. The molecule has 118 valence electrons. The Balaban J connectivity index is 3.04. The fourth-order valence-corrected chi connectivity index (χ4v) is 2.19. The van der Waals surface area contributed by atoms with Crippen LogP contribution in [0.1, 0.15) is 46.2 Å². The Morgan fingerprint density at radius 1 is 1.29 bits per heavy atom. The second-order valence-electron chi connectivity index (χ2n) is 5.41. The van der Waals surface area contributed by atoms with Gasteiger partial charge in [-0.3, -0.25) is 10.1 Å². The molecule has 0 amide bonds. The lowest BCUT2D eigenvalue weighted by Gasteiger charge is -2.18. The average Bonchev–Trinajstić information content (AvgIpc) is 2.37. The lowest BCUT2D eigenvalue weighted by Crippen LogP contribution is -2.21. The molecule has 0 spiro atoms. The number of nitrogens with zero attached hydrogens (tertiary/aromatic N) is 3. The summed E-state index contributed by atoms with van der Waals surface area (Å²) in [5.74, 6) is 1.26. The second kappa shape index (κ2) is 7.75. The molecule has 1 aromatic heterocycles. The van der Waals surface area contributed by atoms with Crippen LogP contribution in [0.5, 0.6) is 0 Å². The molecule has 1 rings (SSSR count). The van der Waals surface area contributed by atoms with Gasteiger partial charge in [-0.25, -0.2) is 4.98 Å². The van der Waals surface area contributed by atoms with E-state index < -0.39 is 4.92 Å². The van der Waals surface area contributed by atoms with Gasteiger partial charge in [0.2, 0.25) is 11.8 Å². The molecule has 0 saturated heterocycles. The maximum Gasteiger partial charge on any atom is 0.332 e. The minimum Gasteiger partial charge on any atom is -0.362 e. The summed E-state index contributed by atoms with van der Waals surface area (Å²) in [6.45, 7) is 10.5. The first-order valence-corrected chi connectivity index (χ1v) is 7.42. The van der Waals surface area contributed by atoms with Crippen LogP contribution in [0.2, 0.25) is 0 Å². The summed E-state index contributed by atoms with van der Waals surface area (Å²) in [4.78, 5) is 19.2. The van der Waals surface area contributed by atoms with Crippen molar-refractivity contribution in [2.24, 2.45) is 5.92 Å². The van der Waals surface area contributed by atoms with Gasteiger partial charge in [0, 0.05) is 12.6 Å². The summed E-state index contributed by atoms with van der Waals surface area (Å²) in [5, 5.41) is 17.4. The first kappa shape index (κ1) is 17.1. The fraction of sp³-hybridized carbons (Fsp3) is 0.714. The van der Waals surface area contributed by atoms with Crippen molar-refractivity contribution in [2.45, 2.75) is 53.5 Å². The first-order valence-electron chi connectivity index (χ1n) is 7.42. The van der Waals surface area contributed by atoms with E-state index in [0.29, 0.717) is 29.9 Å². The third kappa shape index (κ3) is 4.84. The molecule has 0 aliphatic heterocycles. The van der Waals surface area contributed by atoms with E-state index in [9.17, 15) is 10.1 Å². The van der Waals surface area contributed by atoms with Crippen LogP contribution in [0.15, 0.2) is 0 Å². The predicted molar refractivity (Wildman–Crippen MR) is 84.7 cm³/mol. The number of anilines is 2. The average molecular weight is 295 g/mol. The highest BCUT2D eigenvalue weighted by atomic mass is 16.6. The van der Waals surface area contributed by atoms with Crippen molar-refractivity contribution in [3.8, 4) is 0 Å². The van der Waals surface area contributed by atoms with Crippen LogP contribution in [0.4, 0.5) is 17.5 Å². The zero-order valence-electron chi connectivity index (χ0n) is 13.4. The van der Waals surface area contributed by atoms with E-state index in [-0.39, 0.29) is 11.7 Å². The number of aromatic nitrogens is 2. The lowest BCUT2D eigenvalue weighted by molar-refractivity contribution is -0.385. The van der Waals surface area contributed by atoms with Crippen molar-refractivity contribution in [2.75, 3.05) is 17.2 Å². The molecule has 0 bridgehead atoms. The molecule has 7 heteroatoms. The minimum absolute atomic E-state index is 0.0485. The van der Waals surface area contributed by atoms with Crippen LogP contribution < -0.4 is 10.6 Å². The standard InChI is InChI=1S/C14H25N5O2/c1-6-9(3)8-10(4)16-13-12(19(20)21)11(5)17-14(18-13)15-7-2/h9-10H,6-8H2,1-5H3,(H2,15,16,17,18). The number of hydrogen-bond acceptors (Lipinski definition) is 6. The predicted octanol–water partition coefficient (Wildman–Crippen LogP) is 3.36. The number of nitro groups is 1. The Morgan fingerprint density at radius 3 is 2.48 bits per heavy atom. The summed E-state index contributed by atoms with van der Waals surface area (Å²) in [5.41, 5.74) is 0.317. The number of rotatable bonds is 8. The summed E-state index contributed by atoms with van der Waals surface area (Å²) in [6.07, 6.45) is 2.02. The monoisotopic (exact) mass is 295 g/mol. The van der Waals surface area contributed by atoms with E-state index in [4.69, 9.17) is 0 Å². The van der Waals surface area contributed by atoms with E-state index in [1.807, 2.05) is 13.8 Å². The topological polar surface area (TPSA) is 93.0 Å². The molecule has 0 aliphatic rings. The quantitative estimate of drug-likeness (QED) is 0.564. The maximum atomic E-state index is 11.2. The zero-order valence-corrected chi connectivity index (χ0v) is 13.4. The van der Waals surface area contributed by atoms with Crippen LogP contribution in [0, 0.1) is 23.0 Å². The van der Waals surface area contributed by atoms with Gasteiger partial charge < -0.3 is 10.6 Å². The van der Waals surface area contributed by atoms with Crippen LogP contribution in [-0.4, -0.2) is 27.5 Å². The largest absolute Gasteiger partial charge is 0.362 e. The molecule has 1 aromatic rings. The van der Waals surface area contributed by atoms with Crippen molar-refractivity contribution < 1.29 is 4.92 Å². The van der Waals surface area contributed by atoms with Crippen LogP contribution >= 0.6 is 0 Å². The van der Waals surface area contributed by atoms with Gasteiger partial charge in [-0.2, -0.15) is 4.98 Å². The fourth-order valence-electron chi connectivity index (χ4n) is 2.19. The van der Waals surface area contributed by atoms with Crippen LogP contribution in [0.3, 0.4) is 0 Å². The molecule has 21 heavy (non-hydrogen) atoms. The lowest BCUT2D eigenvalue weighted by atomic mass is 10.0. The third-order valence-corrected chi connectivity index (χ3v) is 3.41. The van der Waals surface area contributed by atoms with E-state index in [1.54, 1.807) is 6.92 Å². The van der Waals surface area contributed by atoms with Gasteiger partial charge in [0.05, 0.1) is 4.92 Å². The highest BCUT2D eigenvalue weighted by molar-refractivity contribution is 5.61. The molecule has 2 N–H and O–H groups in total. The van der Waals surface area contributed by atoms with E-state index in [1.165, 1.54) is 0 Å². The van der Waals surface area contributed by atoms with Gasteiger partial charge in [-0.1, -0.05) is 20.3 Å². The molecule has 0 aliphatic carbocycles. The molecule has 7 nitrogen and oxygen atoms in total. The number of hydrogen-bond donors (Lipinski definition) is 2. The van der Waals surface area contributed by atoms with Gasteiger partial charge in [-0.05, 0) is 33.1 Å².